The number of anilines is 2. The summed E-state index contributed by atoms with van der Waals surface area (Å²) in [6, 6.07) is 15.0. The van der Waals surface area contributed by atoms with Crippen LogP contribution in [0.2, 0.25) is 5.02 Å². The predicted octanol–water partition coefficient (Wildman–Crippen LogP) is 5.52. The number of hydrogen-bond acceptors (Lipinski definition) is 5. The van der Waals surface area contributed by atoms with Gasteiger partial charge in [0, 0.05) is 11.9 Å². The third kappa shape index (κ3) is 4.02. The van der Waals surface area contributed by atoms with Gasteiger partial charge in [0.2, 0.25) is 17.7 Å². The van der Waals surface area contributed by atoms with Crippen molar-refractivity contribution >= 4 is 46.8 Å². The number of carbonyl (C=O) groups excluding carboxylic acids is 3. The molecular formula is C29H21ClF3N3O4. The number of hydrogen-bond donors (Lipinski definition) is 1. The second-order valence-electron chi connectivity index (χ2n) is 9.72. The lowest BCUT2D eigenvalue weighted by Crippen LogP contribution is -2.46. The standard InChI is InChI=1S/C29H21ClF3N3O4/c1-40-18-9-6-16(7-10-18)34-26(37)25-23-22(24-19-5-3-2-4-15(19)12-13-35(24)25)27(38)36(28(23)39)17-8-11-21(30)20(14-17)29(31,32)33/h2-14,22-25H,1H3,(H,34,37)/t22-,23+,24?,25-/m0/s1. The van der Waals surface area contributed by atoms with Crippen LogP contribution in [0.4, 0.5) is 24.5 Å². The Kier molecular flexibility index (Phi) is 6.10. The first-order valence-electron chi connectivity index (χ1n) is 12.3. The van der Waals surface area contributed by atoms with Crippen molar-refractivity contribution in [1.29, 1.82) is 0 Å². The third-order valence-corrected chi connectivity index (χ3v) is 7.93. The van der Waals surface area contributed by atoms with Gasteiger partial charge in [-0.25, -0.2) is 4.90 Å². The molecule has 40 heavy (non-hydrogen) atoms. The molecule has 0 radical (unpaired) electrons. The monoisotopic (exact) mass is 567 g/mol. The number of imide groups is 1. The van der Waals surface area contributed by atoms with Gasteiger partial charge in [-0.05, 0) is 59.7 Å². The molecule has 6 rings (SSSR count). The smallest absolute Gasteiger partial charge is 0.417 e. The predicted molar refractivity (Wildman–Crippen MR) is 141 cm³/mol. The highest BCUT2D eigenvalue weighted by molar-refractivity contribution is 6.32. The topological polar surface area (TPSA) is 79.0 Å². The number of nitrogens with zero attached hydrogens (tertiary/aromatic N) is 2. The summed E-state index contributed by atoms with van der Waals surface area (Å²) < 4.78 is 46.0. The fraction of sp³-hybridized carbons (Fsp3) is 0.207. The minimum Gasteiger partial charge on any atom is -0.497 e. The van der Waals surface area contributed by atoms with E-state index in [1.165, 1.54) is 13.2 Å². The average molecular weight is 568 g/mol. The lowest BCUT2D eigenvalue weighted by Gasteiger charge is -2.35. The maximum atomic E-state index is 13.9. The summed E-state index contributed by atoms with van der Waals surface area (Å²) in [4.78, 5) is 44.0. The third-order valence-electron chi connectivity index (χ3n) is 7.60. The van der Waals surface area contributed by atoms with Crippen LogP contribution in [0.25, 0.3) is 6.08 Å². The number of methoxy groups -OCH3 is 1. The van der Waals surface area contributed by atoms with E-state index in [1.54, 1.807) is 41.4 Å². The summed E-state index contributed by atoms with van der Waals surface area (Å²) in [5, 5.41) is 2.26. The quantitative estimate of drug-likeness (QED) is 0.420. The zero-order chi connectivity index (χ0) is 28.3. The number of nitrogens with one attached hydrogen (secondary N) is 1. The van der Waals surface area contributed by atoms with Crippen LogP contribution in [0.1, 0.15) is 22.7 Å². The molecule has 0 spiro atoms. The molecule has 1 N–H and O–H groups in total. The number of fused-ring (bicyclic) bond motifs is 5. The Bertz CT molecular complexity index is 1570. The van der Waals surface area contributed by atoms with Gasteiger partial charge >= 0.3 is 6.18 Å². The first-order chi connectivity index (χ1) is 19.1. The second-order valence-corrected chi connectivity index (χ2v) is 10.1. The fourth-order valence-corrected chi connectivity index (χ4v) is 6.10. The maximum absolute atomic E-state index is 13.9. The van der Waals surface area contributed by atoms with Crippen LogP contribution in [0.5, 0.6) is 5.75 Å². The molecule has 2 saturated heterocycles. The van der Waals surface area contributed by atoms with Crippen molar-refractivity contribution in [2.45, 2.75) is 18.3 Å². The summed E-state index contributed by atoms with van der Waals surface area (Å²) in [7, 11) is 1.51. The van der Waals surface area contributed by atoms with E-state index in [4.69, 9.17) is 16.3 Å². The molecule has 3 aromatic carbocycles. The Morgan fingerprint density at radius 2 is 1.68 bits per heavy atom. The fourth-order valence-electron chi connectivity index (χ4n) is 5.87. The van der Waals surface area contributed by atoms with Gasteiger partial charge in [-0.1, -0.05) is 35.9 Å². The van der Waals surface area contributed by atoms with Crippen molar-refractivity contribution in [2.75, 3.05) is 17.3 Å². The lowest BCUT2D eigenvalue weighted by atomic mass is 9.84. The van der Waals surface area contributed by atoms with Gasteiger partial charge in [0.25, 0.3) is 0 Å². The number of alkyl halides is 3. The minimum atomic E-state index is -4.79. The van der Waals surface area contributed by atoms with Crippen LogP contribution in [0.3, 0.4) is 0 Å². The summed E-state index contributed by atoms with van der Waals surface area (Å²) in [6.07, 6.45) is -1.29. The largest absolute Gasteiger partial charge is 0.497 e. The van der Waals surface area contributed by atoms with Gasteiger partial charge in [0.05, 0.1) is 41.3 Å². The van der Waals surface area contributed by atoms with Gasteiger partial charge in [0.1, 0.15) is 11.8 Å². The van der Waals surface area contributed by atoms with Crippen LogP contribution in [-0.4, -0.2) is 35.8 Å². The van der Waals surface area contributed by atoms with Gasteiger partial charge in [0.15, 0.2) is 0 Å². The summed E-state index contributed by atoms with van der Waals surface area (Å²) in [5.74, 6) is -3.51. The SMILES string of the molecule is COc1ccc(NC(=O)[C@@H]2[C@@H]3C(=O)N(c4ccc(Cl)c(C(F)(F)F)c4)C(=O)[C@@H]3C3c4ccccc4C=CN32)cc1. The molecule has 4 atom stereocenters. The van der Waals surface area contributed by atoms with Crippen molar-refractivity contribution < 1.29 is 32.3 Å². The van der Waals surface area contributed by atoms with Gasteiger partial charge in [-0.2, -0.15) is 13.2 Å². The Hall–Kier alpha value is -4.31. The lowest BCUT2D eigenvalue weighted by molar-refractivity contribution is -0.137. The van der Waals surface area contributed by atoms with E-state index in [1.807, 2.05) is 24.3 Å². The molecule has 11 heteroatoms. The van der Waals surface area contributed by atoms with E-state index in [9.17, 15) is 27.6 Å². The van der Waals surface area contributed by atoms with Crippen molar-refractivity contribution in [2.24, 2.45) is 11.8 Å². The van der Waals surface area contributed by atoms with Crippen molar-refractivity contribution in [3.63, 3.8) is 0 Å². The highest BCUT2D eigenvalue weighted by Crippen LogP contribution is 2.53. The number of rotatable bonds is 4. The van der Waals surface area contributed by atoms with Gasteiger partial charge in [-0.3, -0.25) is 14.4 Å². The van der Waals surface area contributed by atoms with Crippen LogP contribution >= 0.6 is 11.6 Å². The van der Waals surface area contributed by atoms with Crippen LogP contribution < -0.4 is 15.0 Å². The summed E-state index contributed by atoms with van der Waals surface area (Å²) >= 11 is 5.78. The molecule has 3 aromatic rings. The number of amides is 3. The highest BCUT2D eigenvalue weighted by atomic mass is 35.5. The first kappa shape index (κ1) is 25.9. The highest BCUT2D eigenvalue weighted by Gasteiger charge is 2.64. The summed E-state index contributed by atoms with van der Waals surface area (Å²) in [6.45, 7) is 0. The molecule has 3 amide bonds. The molecule has 3 heterocycles. The van der Waals surface area contributed by atoms with Crippen LogP contribution in [-0.2, 0) is 20.6 Å². The Labute approximate surface area is 231 Å². The van der Waals surface area contributed by atoms with E-state index in [-0.39, 0.29) is 5.69 Å². The Morgan fingerprint density at radius 3 is 2.38 bits per heavy atom. The molecule has 3 aliphatic heterocycles. The number of benzene rings is 3. The molecule has 0 aliphatic carbocycles. The van der Waals surface area contributed by atoms with E-state index in [0.29, 0.717) is 17.5 Å². The van der Waals surface area contributed by atoms with Crippen LogP contribution in [0.15, 0.2) is 72.9 Å². The van der Waals surface area contributed by atoms with Crippen molar-refractivity contribution in [1.82, 2.24) is 4.90 Å². The van der Waals surface area contributed by atoms with E-state index >= 15 is 0 Å². The number of ether oxygens (including phenoxy) is 1. The first-order valence-corrected chi connectivity index (χ1v) is 12.7. The molecule has 1 unspecified atom stereocenters. The van der Waals surface area contributed by atoms with Gasteiger partial charge in [-0.15, -0.1) is 0 Å². The number of halogens is 4. The molecule has 7 nitrogen and oxygen atoms in total. The normalized spacial score (nSPS) is 23.1. The average Bonchev–Trinajstić information content (AvgIpc) is 3.41. The molecular weight excluding hydrogens is 547 g/mol. The van der Waals surface area contributed by atoms with Crippen molar-refractivity contribution in [3.05, 3.63) is 94.6 Å². The minimum absolute atomic E-state index is 0.248. The number of carbonyl (C=O) groups is 3. The zero-order valence-corrected chi connectivity index (χ0v) is 21.6. The molecule has 2 fully saturated rings. The zero-order valence-electron chi connectivity index (χ0n) is 20.9. The molecule has 204 valence electrons. The maximum Gasteiger partial charge on any atom is 0.417 e. The van der Waals surface area contributed by atoms with E-state index < -0.39 is 58.4 Å². The second kappa shape index (κ2) is 9.41. The molecule has 0 saturated carbocycles. The molecule has 3 aliphatic rings. The van der Waals surface area contributed by atoms with E-state index in [0.717, 1.165) is 22.1 Å². The Morgan fingerprint density at radius 1 is 0.975 bits per heavy atom. The van der Waals surface area contributed by atoms with Crippen LogP contribution in [0, 0.1) is 11.8 Å². The Balaban J connectivity index is 1.42. The molecule has 0 bridgehead atoms. The van der Waals surface area contributed by atoms with Gasteiger partial charge < -0.3 is 15.0 Å². The van der Waals surface area contributed by atoms with Crippen molar-refractivity contribution in [3.8, 4) is 5.75 Å². The molecule has 0 aromatic heterocycles. The van der Waals surface area contributed by atoms with E-state index in [2.05, 4.69) is 5.32 Å². The summed E-state index contributed by atoms with van der Waals surface area (Å²) in [5.41, 5.74) is 0.610.